The predicted molar refractivity (Wildman–Crippen MR) is 108 cm³/mol. The Hall–Kier alpha value is -2.17. The summed E-state index contributed by atoms with van der Waals surface area (Å²) in [6.07, 6.45) is 1.50. The van der Waals surface area contributed by atoms with Gasteiger partial charge in [-0.25, -0.2) is 19.6 Å². The van der Waals surface area contributed by atoms with Crippen LogP contribution < -0.4 is 5.73 Å². The summed E-state index contributed by atoms with van der Waals surface area (Å²) >= 11 is 3.98. The molecule has 3 aromatic rings. The molecule has 0 aromatic carbocycles. The second-order valence-electron chi connectivity index (χ2n) is 5.20. The monoisotopic (exact) mass is 423 g/mol. The standard InChI is InChI=1S/C17H17N3O4S3/c1-3-23-16(21)11-10(12(27-13(11)18)17(22)24-4-2)7-26-15-9-5-6-25-14(9)19-8-20-15/h5-6,8H,3-4,7,18H2,1-2H3. The van der Waals surface area contributed by atoms with Gasteiger partial charge in [-0.15, -0.1) is 34.4 Å². The minimum atomic E-state index is -0.541. The number of thiophene rings is 2. The summed E-state index contributed by atoms with van der Waals surface area (Å²) in [5, 5.41) is 3.90. The van der Waals surface area contributed by atoms with Crippen LogP contribution in [0.3, 0.4) is 0 Å². The van der Waals surface area contributed by atoms with Crippen molar-refractivity contribution in [3.63, 3.8) is 0 Å². The highest BCUT2D eigenvalue weighted by Gasteiger charge is 2.28. The fourth-order valence-electron chi connectivity index (χ4n) is 2.43. The summed E-state index contributed by atoms with van der Waals surface area (Å²) in [6, 6.07) is 1.95. The molecule has 0 atom stereocenters. The molecule has 0 unspecified atom stereocenters. The number of ether oxygens (including phenoxy) is 2. The number of carbonyl (C=O) groups is 2. The molecule has 10 heteroatoms. The Kier molecular flexibility index (Phi) is 6.30. The summed E-state index contributed by atoms with van der Waals surface area (Å²) in [5.74, 6) is -0.706. The Morgan fingerprint density at radius 2 is 1.93 bits per heavy atom. The zero-order chi connectivity index (χ0) is 19.4. The Morgan fingerprint density at radius 1 is 1.19 bits per heavy atom. The zero-order valence-electron chi connectivity index (χ0n) is 14.7. The van der Waals surface area contributed by atoms with Crippen molar-refractivity contribution in [2.45, 2.75) is 24.6 Å². The summed E-state index contributed by atoms with van der Waals surface area (Å²) in [7, 11) is 0. The number of nitrogens with zero attached hydrogens (tertiary/aromatic N) is 2. The molecule has 7 nitrogen and oxygen atoms in total. The lowest BCUT2D eigenvalue weighted by Crippen LogP contribution is -2.11. The van der Waals surface area contributed by atoms with Crippen molar-refractivity contribution in [1.82, 2.24) is 9.97 Å². The van der Waals surface area contributed by atoms with Crippen molar-refractivity contribution >= 4 is 61.6 Å². The van der Waals surface area contributed by atoms with E-state index >= 15 is 0 Å². The van der Waals surface area contributed by atoms with Crippen molar-refractivity contribution in [2.75, 3.05) is 18.9 Å². The van der Waals surface area contributed by atoms with Gasteiger partial charge in [-0.05, 0) is 25.3 Å². The van der Waals surface area contributed by atoms with Gasteiger partial charge in [-0.2, -0.15) is 0 Å². The summed E-state index contributed by atoms with van der Waals surface area (Å²) < 4.78 is 10.2. The van der Waals surface area contributed by atoms with Crippen molar-refractivity contribution in [3.05, 3.63) is 33.8 Å². The number of nitrogens with two attached hydrogens (primary N) is 1. The first-order valence-electron chi connectivity index (χ1n) is 8.13. The number of hydrogen-bond donors (Lipinski definition) is 1. The van der Waals surface area contributed by atoms with Crippen LogP contribution >= 0.6 is 34.4 Å². The molecule has 0 aliphatic heterocycles. The van der Waals surface area contributed by atoms with Crippen molar-refractivity contribution in [2.24, 2.45) is 0 Å². The van der Waals surface area contributed by atoms with E-state index in [4.69, 9.17) is 15.2 Å². The maximum atomic E-state index is 12.4. The van der Waals surface area contributed by atoms with E-state index in [1.54, 1.807) is 13.8 Å². The van der Waals surface area contributed by atoms with E-state index in [1.807, 2.05) is 11.4 Å². The summed E-state index contributed by atoms with van der Waals surface area (Å²) in [5.41, 5.74) is 6.77. The van der Waals surface area contributed by atoms with Crippen LogP contribution in [0.2, 0.25) is 0 Å². The fraction of sp³-hybridized carbons (Fsp3) is 0.294. The number of anilines is 1. The first kappa shape index (κ1) is 19.6. The number of esters is 2. The average Bonchev–Trinajstić information content (AvgIpc) is 3.24. The molecule has 0 saturated carbocycles. The van der Waals surface area contributed by atoms with Gasteiger partial charge in [0.1, 0.15) is 26.1 Å². The van der Waals surface area contributed by atoms with Gasteiger partial charge in [0.2, 0.25) is 0 Å². The molecule has 3 aromatic heterocycles. The van der Waals surface area contributed by atoms with Gasteiger partial charge in [-0.3, -0.25) is 0 Å². The largest absolute Gasteiger partial charge is 0.462 e. The van der Waals surface area contributed by atoms with Crippen LogP contribution in [0.25, 0.3) is 10.2 Å². The van der Waals surface area contributed by atoms with Gasteiger partial charge in [0.25, 0.3) is 0 Å². The fourth-order valence-corrected chi connectivity index (χ4v) is 5.30. The molecule has 0 aliphatic rings. The number of carbonyl (C=O) groups excluding carboxylic acids is 2. The zero-order valence-corrected chi connectivity index (χ0v) is 17.1. The number of thioether (sulfide) groups is 1. The number of fused-ring (bicyclic) bond motifs is 1. The molecule has 3 heterocycles. The van der Waals surface area contributed by atoms with Crippen LogP contribution in [-0.4, -0.2) is 35.1 Å². The highest BCUT2D eigenvalue weighted by molar-refractivity contribution is 7.98. The molecule has 0 fully saturated rings. The number of rotatable bonds is 7. The van der Waals surface area contributed by atoms with E-state index < -0.39 is 11.9 Å². The highest BCUT2D eigenvalue weighted by atomic mass is 32.2. The minimum absolute atomic E-state index is 0.219. The molecule has 142 valence electrons. The van der Waals surface area contributed by atoms with E-state index in [2.05, 4.69) is 9.97 Å². The van der Waals surface area contributed by atoms with Crippen molar-refractivity contribution in [3.8, 4) is 0 Å². The molecular formula is C17H17N3O4S3. The molecule has 0 bridgehead atoms. The summed E-state index contributed by atoms with van der Waals surface area (Å²) in [6.45, 7) is 3.90. The SMILES string of the molecule is CCOC(=O)c1sc(N)c(C(=O)OCC)c1CSc1ncnc2sccc12. The first-order valence-corrected chi connectivity index (χ1v) is 10.8. The van der Waals surface area contributed by atoms with Crippen LogP contribution in [-0.2, 0) is 15.2 Å². The van der Waals surface area contributed by atoms with Crippen molar-refractivity contribution in [1.29, 1.82) is 0 Å². The number of hydrogen-bond acceptors (Lipinski definition) is 10. The molecule has 0 saturated heterocycles. The molecule has 0 aliphatic carbocycles. The van der Waals surface area contributed by atoms with Crippen LogP contribution in [0.4, 0.5) is 5.00 Å². The maximum absolute atomic E-state index is 12.4. The van der Waals surface area contributed by atoms with Crippen LogP contribution in [0, 0.1) is 0 Å². The lowest BCUT2D eigenvalue weighted by Gasteiger charge is -2.08. The Bertz CT molecular complexity index is 983. The molecule has 2 N–H and O–H groups in total. The van der Waals surface area contributed by atoms with Gasteiger partial charge in [0.15, 0.2) is 0 Å². The average molecular weight is 424 g/mol. The quantitative estimate of drug-likeness (QED) is 0.346. The third-order valence-corrected chi connectivity index (χ3v) is 6.45. The van der Waals surface area contributed by atoms with Crippen LogP contribution in [0.15, 0.2) is 22.8 Å². The van der Waals surface area contributed by atoms with Crippen molar-refractivity contribution < 1.29 is 19.1 Å². The van der Waals surface area contributed by atoms with Gasteiger partial charge < -0.3 is 15.2 Å². The van der Waals surface area contributed by atoms with Gasteiger partial charge in [-0.1, -0.05) is 0 Å². The molecular weight excluding hydrogens is 406 g/mol. The summed E-state index contributed by atoms with van der Waals surface area (Å²) in [4.78, 5) is 34.5. The molecule has 27 heavy (non-hydrogen) atoms. The molecule has 3 rings (SSSR count). The molecule has 0 spiro atoms. The Labute approximate surface area is 167 Å². The van der Waals surface area contributed by atoms with E-state index in [0.29, 0.717) is 16.2 Å². The normalized spacial score (nSPS) is 10.9. The second kappa shape index (κ2) is 8.68. The molecule has 0 radical (unpaired) electrons. The lowest BCUT2D eigenvalue weighted by molar-refractivity contribution is 0.0527. The van der Waals surface area contributed by atoms with Gasteiger partial charge in [0, 0.05) is 16.7 Å². The third kappa shape index (κ3) is 4.07. The van der Waals surface area contributed by atoms with Crippen LogP contribution in [0.5, 0.6) is 0 Å². The Balaban J connectivity index is 1.97. The number of nitrogen functional groups attached to an aromatic ring is 1. The highest BCUT2D eigenvalue weighted by Crippen LogP contribution is 2.37. The lowest BCUT2D eigenvalue weighted by atomic mass is 10.1. The second-order valence-corrected chi connectivity index (χ2v) is 8.11. The van der Waals surface area contributed by atoms with Gasteiger partial charge in [0.05, 0.1) is 18.8 Å². The van der Waals surface area contributed by atoms with E-state index in [0.717, 1.165) is 26.6 Å². The van der Waals surface area contributed by atoms with Gasteiger partial charge >= 0.3 is 11.9 Å². The topological polar surface area (TPSA) is 104 Å². The van der Waals surface area contributed by atoms with E-state index in [9.17, 15) is 9.59 Å². The Morgan fingerprint density at radius 3 is 2.67 bits per heavy atom. The smallest absolute Gasteiger partial charge is 0.348 e. The minimum Gasteiger partial charge on any atom is -0.462 e. The predicted octanol–water partition coefficient (Wildman–Crippen LogP) is 3.98. The van der Waals surface area contributed by atoms with E-state index in [1.165, 1.54) is 29.4 Å². The third-order valence-electron chi connectivity index (χ3n) is 3.55. The number of aromatic nitrogens is 2. The molecule has 0 amide bonds. The van der Waals surface area contributed by atoms with Crippen LogP contribution in [0.1, 0.15) is 39.4 Å². The maximum Gasteiger partial charge on any atom is 0.348 e. The van der Waals surface area contributed by atoms with E-state index in [-0.39, 0.29) is 23.8 Å². The first-order chi connectivity index (χ1) is 13.1.